The second kappa shape index (κ2) is 11.3. The minimum atomic E-state index is -1.04. The lowest BCUT2D eigenvalue weighted by Crippen LogP contribution is -2.41. The third kappa shape index (κ3) is 6.02. The number of carbonyl (C=O) groups excluding carboxylic acids is 2. The molecule has 0 atom stereocenters. The first kappa shape index (κ1) is 25.4. The summed E-state index contributed by atoms with van der Waals surface area (Å²) in [6, 6.07) is 5.71. The number of aromatic amines is 1. The number of amides is 2. The Morgan fingerprint density at radius 3 is 2.66 bits per heavy atom. The molecule has 3 aromatic rings. The maximum Gasteiger partial charge on any atom is 0.330 e. The first-order valence-corrected chi connectivity index (χ1v) is 10.9. The van der Waals surface area contributed by atoms with E-state index < -0.39 is 34.7 Å². The standard InChI is InChI=1S/C23H25F2N5O5/c1-2-3-10-29-20(26)19(22(33)28-23(29)34)30(13-15-5-4-11-35-15)18(31)8-9-27-21(32)16-7-6-14(24)12-17(16)25/h4-7,11-12H,2-3,8-10,13,26H2,1H3,(H,27,32)(H,28,33,34). The number of benzene rings is 1. The molecule has 0 bridgehead atoms. The fourth-order valence-electron chi connectivity index (χ4n) is 3.41. The summed E-state index contributed by atoms with van der Waals surface area (Å²) in [4.78, 5) is 53.5. The van der Waals surface area contributed by atoms with Gasteiger partial charge >= 0.3 is 5.69 Å². The van der Waals surface area contributed by atoms with Gasteiger partial charge in [-0.25, -0.2) is 13.6 Å². The zero-order valence-electron chi connectivity index (χ0n) is 19.0. The van der Waals surface area contributed by atoms with E-state index in [1.165, 1.54) is 10.8 Å². The first-order valence-electron chi connectivity index (χ1n) is 10.9. The number of unbranched alkanes of at least 4 members (excludes halogenated alkanes) is 1. The normalized spacial score (nSPS) is 10.8. The fraction of sp³-hybridized carbons (Fsp3) is 0.304. The smallest absolute Gasteiger partial charge is 0.330 e. The van der Waals surface area contributed by atoms with Crippen LogP contribution < -0.4 is 27.2 Å². The molecular weight excluding hydrogens is 464 g/mol. The van der Waals surface area contributed by atoms with E-state index in [0.29, 0.717) is 18.2 Å². The lowest BCUT2D eigenvalue weighted by Gasteiger charge is -2.24. The predicted molar refractivity (Wildman–Crippen MR) is 124 cm³/mol. The molecule has 35 heavy (non-hydrogen) atoms. The molecule has 4 N–H and O–H groups in total. The van der Waals surface area contributed by atoms with E-state index in [-0.39, 0.29) is 43.1 Å². The van der Waals surface area contributed by atoms with Gasteiger partial charge in [-0.1, -0.05) is 13.3 Å². The van der Waals surface area contributed by atoms with E-state index >= 15 is 0 Å². The Balaban J connectivity index is 1.84. The highest BCUT2D eigenvalue weighted by Gasteiger charge is 2.25. The molecule has 10 nitrogen and oxygen atoms in total. The number of halogens is 2. The maximum absolute atomic E-state index is 13.8. The number of nitrogens with one attached hydrogen (secondary N) is 2. The lowest BCUT2D eigenvalue weighted by molar-refractivity contribution is -0.118. The Kier molecular flexibility index (Phi) is 8.18. The van der Waals surface area contributed by atoms with Gasteiger partial charge in [0.25, 0.3) is 11.5 Å². The van der Waals surface area contributed by atoms with Crippen molar-refractivity contribution in [3.63, 3.8) is 0 Å². The van der Waals surface area contributed by atoms with Crippen LogP contribution >= 0.6 is 0 Å². The zero-order chi connectivity index (χ0) is 25.5. The number of nitrogens with two attached hydrogens (primary N) is 1. The highest BCUT2D eigenvalue weighted by atomic mass is 19.1. The van der Waals surface area contributed by atoms with Crippen LogP contribution in [0, 0.1) is 11.6 Å². The van der Waals surface area contributed by atoms with Gasteiger partial charge in [0, 0.05) is 25.6 Å². The van der Waals surface area contributed by atoms with Gasteiger partial charge in [0.2, 0.25) is 5.91 Å². The largest absolute Gasteiger partial charge is 0.467 e. The van der Waals surface area contributed by atoms with Gasteiger partial charge < -0.3 is 15.5 Å². The van der Waals surface area contributed by atoms with Crippen molar-refractivity contribution in [2.45, 2.75) is 39.3 Å². The van der Waals surface area contributed by atoms with Crippen LogP contribution in [0.1, 0.15) is 42.3 Å². The summed E-state index contributed by atoms with van der Waals surface area (Å²) in [7, 11) is 0. The highest BCUT2D eigenvalue weighted by Crippen LogP contribution is 2.21. The van der Waals surface area contributed by atoms with Gasteiger partial charge in [0.05, 0.1) is 18.4 Å². The molecule has 12 heteroatoms. The number of furan rings is 1. The van der Waals surface area contributed by atoms with Gasteiger partial charge in [-0.3, -0.25) is 28.8 Å². The first-order chi connectivity index (χ1) is 16.7. The molecule has 186 valence electrons. The molecule has 0 saturated heterocycles. The van der Waals surface area contributed by atoms with E-state index in [2.05, 4.69) is 10.3 Å². The topological polar surface area (TPSA) is 143 Å². The van der Waals surface area contributed by atoms with Crippen LogP contribution in [0.2, 0.25) is 0 Å². The van der Waals surface area contributed by atoms with Crippen molar-refractivity contribution in [1.29, 1.82) is 0 Å². The Hall–Kier alpha value is -4.22. The predicted octanol–water partition coefficient (Wildman–Crippen LogP) is 2.14. The molecule has 2 heterocycles. The maximum atomic E-state index is 13.8. The lowest BCUT2D eigenvalue weighted by atomic mass is 10.2. The monoisotopic (exact) mass is 489 g/mol. The molecule has 0 aliphatic carbocycles. The summed E-state index contributed by atoms with van der Waals surface area (Å²) in [5, 5.41) is 2.39. The molecular formula is C23H25F2N5O5. The van der Waals surface area contributed by atoms with Crippen LogP contribution in [0.15, 0.2) is 50.6 Å². The van der Waals surface area contributed by atoms with Crippen LogP contribution in [0.3, 0.4) is 0 Å². The summed E-state index contributed by atoms with van der Waals surface area (Å²) < 4.78 is 33.4. The van der Waals surface area contributed by atoms with E-state index in [0.717, 1.165) is 23.5 Å². The number of nitrogen functional groups attached to an aromatic ring is 1. The van der Waals surface area contributed by atoms with Crippen molar-refractivity contribution in [3.8, 4) is 0 Å². The molecule has 1 aromatic carbocycles. The summed E-state index contributed by atoms with van der Waals surface area (Å²) in [5.41, 5.74) is 4.01. The molecule has 0 aliphatic rings. The number of rotatable bonds is 10. The van der Waals surface area contributed by atoms with E-state index in [1.54, 1.807) is 12.1 Å². The molecule has 2 amide bonds. The molecule has 2 aromatic heterocycles. The summed E-state index contributed by atoms with van der Waals surface area (Å²) in [6.07, 6.45) is 2.49. The Labute approximate surface area is 198 Å². The number of carbonyl (C=O) groups is 2. The molecule has 0 radical (unpaired) electrons. The van der Waals surface area contributed by atoms with Gasteiger partial charge in [-0.05, 0) is 30.7 Å². The molecule has 0 unspecified atom stereocenters. The van der Waals surface area contributed by atoms with E-state index in [1.807, 2.05) is 6.92 Å². The fourth-order valence-corrected chi connectivity index (χ4v) is 3.41. The van der Waals surface area contributed by atoms with Gasteiger partial charge in [0.15, 0.2) is 5.69 Å². The van der Waals surface area contributed by atoms with Crippen molar-refractivity contribution in [2.75, 3.05) is 17.2 Å². The van der Waals surface area contributed by atoms with Gasteiger partial charge in [-0.2, -0.15) is 0 Å². The second-order valence-electron chi connectivity index (χ2n) is 7.69. The van der Waals surface area contributed by atoms with Crippen molar-refractivity contribution in [1.82, 2.24) is 14.9 Å². The van der Waals surface area contributed by atoms with Crippen molar-refractivity contribution in [3.05, 3.63) is 80.4 Å². The Morgan fingerprint density at radius 2 is 2.00 bits per heavy atom. The molecule has 0 saturated carbocycles. The van der Waals surface area contributed by atoms with Crippen LogP contribution in [0.4, 0.5) is 20.3 Å². The number of hydrogen-bond donors (Lipinski definition) is 3. The number of nitrogens with zero attached hydrogens (tertiary/aromatic N) is 2. The summed E-state index contributed by atoms with van der Waals surface area (Å²) in [5.74, 6) is -3.14. The SMILES string of the molecule is CCCCn1c(N)c(N(Cc2ccco2)C(=O)CCNC(=O)c2ccc(F)cc2F)c(=O)[nH]c1=O. The van der Waals surface area contributed by atoms with E-state index in [4.69, 9.17) is 10.2 Å². The third-order valence-corrected chi connectivity index (χ3v) is 5.21. The minimum Gasteiger partial charge on any atom is -0.467 e. The Morgan fingerprint density at radius 1 is 1.23 bits per heavy atom. The number of anilines is 2. The van der Waals surface area contributed by atoms with Gasteiger partial charge in [0.1, 0.15) is 23.2 Å². The quantitative estimate of drug-likeness (QED) is 0.398. The molecule has 0 fully saturated rings. The average Bonchev–Trinajstić information content (AvgIpc) is 3.31. The molecule has 0 aliphatic heterocycles. The third-order valence-electron chi connectivity index (χ3n) is 5.21. The van der Waals surface area contributed by atoms with E-state index in [9.17, 15) is 28.0 Å². The van der Waals surface area contributed by atoms with Gasteiger partial charge in [-0.15, -0.1) is 0 Å². The summed E-state index contributed by atoms with van der Waals surface area (Å²) >= 11 is 0. The second-order valence-corrected chi connectivity index (χ2v) is 7.69. The van der Waals surface area contributed by atoms with Crippen LogP contribution in [-0.4, -0.2) is 27.9 Å². The van der Waals surface area contributed by atoms with Crippen molar-refractivity contribution >= 4 is 23.3 Å². The average molecular weight is 489 g/mol. The highest BCUT2D eigenvalue weighted by molar-refractivity contribution is 5.97. The number of hydrogen-bond acceptors (Lipinski definition) is 6. The number of H-pyrrole nitrogens is 1. The molecule has 0 spiro atoms. The zero-order valence-corrected chi connectivity index (χ0v) is 19.0. The van der Waals surface area contributed by atoms with Crippen LogP contribution in [0.5, 0.6) is 0 Å². The van der Waals surface area contributed by atoms with Crippen LogP contribution in [-0.2, 0) is 17.9 Å². The van der Waals surface area contributed by atoms with Crippen molar-refractivity contribution < 1.29 is 22.8 Å². The molecule has 3 rings (SSSR count). The summed E-state index contributed by atoms with van der Waals surface area (Å²) in [6.45, 7) is 1.79. The number of aromatic nitrogens is 2. The Bertz CT molecular complexity index is 1320. The van der Waals surface area contributed by atoms with Crippen molar-refractivity contribution in [2.24, 2.45) is 0 Å². The minimum absolute atomic E-state index is 0.161. The van der Waals surface area contributed by atoms with Crippen LogP contribution in [0.25, 0.3) is 0 Å².